The highest BCUT2D eigenvalue weighted by molar-refractivity contribution is 9.10. The Morgan fingerprint density at radius 3 is 2.75 bits per heavy atom. The van der Waals surface area contributed by atoms with E-state index in [0.717, 1.165) is 10.6 Å². The number of esters is 1. The largest absolute Gasteiger partial charge is 0.466 e. The third-order valence-electron chi connectivity index (χ3n) is 2.59. The van der Waals surface area contributed by atoms with E-state index in [0.29, 0.717) is 16.5 Å². The number of allylic oxidation sites excluding steroid dienone is 1. The summed E-state index contributed by atoms with van der Waals surface area (Å²) in [5.74, 6) is -0.481. The van der Waals surface area contributed by atoms with Crippen molar-refractivity contribution in [3.05, 3.63) is 48.9 Å². The van der Waals surface area contributed by atoms with Crippen molar-refractivity contribution in [3.8, 4) is 0 Å². The number of hydrogen-bond acceptors (Lipinski definition) is 5. The second-order valence-corrected chi connectivity index (χ2v) is 4.75. The van der Waals surface area contributed by atoms with E-state index in [-0.39, 0.29) is 6.54 Å². The number of rotatable bonds is 5. The zero-order valence-electron chi connectivity index (χ0n) is 11.0. The van der Waals surface area contributed by atoms with E-state index in [4.69, 9.17) is 0 Å². The van der Waals surface area contributed by atoms with Crippen molar-refractivity contribution in [1.29, 1.82) is 0 Å². The molecule has 7 nitrogen and oxygen atoms in total. The van der Waals surface area contributed by atoms with Gasteiger partial charge in [-0.3, -0.25) is 14.9 Å². The minimum Gasteiger partial charge on any atom is -0.466 e. The van der Waals surface area contributed by atoms with Crippen molar-refractivity contribution >= 4 is 27.6 Å². The number of ether oxygens (including phenoxy) is 1. The topological polar surface area (TPSA) is 91.4 Å². The summed E-state index contributed by atoms with van der Waals surface area (Å²) in [6.45, 7) is 1.83. The second-order valence-electron chi connectivity index (χ2n) is 3.83. The molecule has 0 N–H and O–H groups in total. The fraction of sp³-hybridized carbons (Fsp3) is 0.333. The number of halogens is 1. The lowest BCUT2D eigenvalue weighted by atomic mass is 10.2. The van der Waals surface area contributed by atoms with E-state index in [1.165, 1.54) is 19.4 Å². The number of methoxy groups -OCH3 is 1. The predicted molar refractivity (Wildman–Crippen MR) is 75.4 cm³/mol. The van der Waals surface area contributed by atoms with Crippen LogP contribution in [0, 0.1) is 10.1 Å². The normalized spacial score (nSPS) is 11.2. The lowest BCUT2D eigenvalue weighted by Gasteiger charge is -2.05. The number of carbonyl (C=O) groups is 1. The zero-order chi connectivity index (χ0) is 15.3. The van der Waals surface area contributed by atoms with Gasteiger partial charge in [0.05, 0.1) is 12.0 Å². The van der Waals surface area contributed by atoms with Crippen molar-refractivity contribution in [3.63, 3.8) is 0 Å². The molecule has 0 aromatic carbocycles. The Morgan fingerprint density at radius 1 is 1.60 bits per heavy atom. The fourth-order valence-corrected chi connectivity index (χ4v) is 2.03. The molecule has 0 fully saturated rings. The van der Waals surface area contributed by atoms with Crippen LogP contribution in [0.3, 0.4) is 0 Å². The maximum absolute atomic E-state index is 11.9. The highest BCUT2D eigenvalue weighted by Gasteiger charge is 2.15. The highest BCUT2D eigenvalue weighted by Crippen LogP contribution is 2.14. The van der Waals surface area contributed by atoms with Crippen LogP contribution in [0.25, 0.3) is 0 Å². The average Bonchev–Trinajstić information content (AvgIpc) is 2.41. The maximum Gasteiger partial charge on any atom is 0.335 e. The monoisotopic (exact) mass is 344 g/mol. The van der Waals surface area contributed by atoms with E-state index in [1.807, 2.05) is 0 Å². The summed E-state index contributed by atoms with van der Waals surface area (Å²) >= 11 is 3.11. The van der Waals surface area contributed by atoms with E-state index in [9.17, 15) is 19.7 Å². The van der Waals surface area contributed by atoms with Crippen LogP contribution in [0.4, 0.5) is 5.69 Å². The molecular weight excluding hydrogens is 332 g/mol. The summed E-state index contributed by atoms with van der Waals surface area (Å²) in [6, 6.07) is 1.14. The predicted octanol–water partition coefficient (Wildman–Crippen LogP) is 2.03. The van der Waals surface area contributed by atoms with Crippen molar-refractivity contribution in [2.75, 3.05) is 7.11 Å². The lowest BCUT2D eigenvalue weighted by molar-refractivity contribution is -0.386. The Kier molecular flexibility index (Phi) is 5.63. The van der Waals surface area contributed by atoms with Gasteiger partial charge in [0.1, 0.15) is 0 Å². The van der Waals surface area contributed by atoms with Gasteiger partial charge in [0, 0.05) is 28.9 Å². The van der Waals surface area contributed by atoms with Crippen LogP contribution in [0.5, 0.6) is 0 Å². The Morgan fingerprint density at radius 2 is 2.25 bits per heavy atom. The van der Waals surface area contributed by atoms with Gasteiger partial charge in [0.2, 0.25) is 0 Å². The maximum atomic E-state index is 11.9. The fourth-order valence-electron chi connectivity index (χ4n) is 1.56. The zero-order valence-corrected chi connectivity index (χ0v) is 12.5. The highest BCUT2D eigenvalue weighted by atomic mass is 79.9. The average molecular weight is 345 g/mol. The summed E-state index contributed by atoms with van der Waals surface area (Å²) in [5, 5.41) is 10.8. The van der Waals surface area contributed by atoms with Gasteiger partial charge in [-0.05, 0) is 22.4 Å². The summed E-state index contributed by atoms with van der Waals surface area (Å²) in [7, 11) is 1.27. The Balaban J connectivity index is 3.16. The molecule has 0 saturated heterocycles. The van der Waals surface area contributed by atoms with Crippen LogP contribution < -0.4 is 5.56 Å². The first-order chi connectivity index (χ1) is 9.40. The molecule has 0 aliphatic heterocycles. The quantitative estimate of drug-likeness (QED) is 0.352. The molecule has 0 radical (unpaired) electrons. The third kappa shape index (κ3) is 3.77. The molecule has 1 heterocycles. The first-order valence-electron chi connectivity index (χ1n) is 5.72. The molecule has 1 rings (SSSR count). The molecule has 1 aromatic rings. The molecule has 1 aromatic heterocycles. The SMILES string of the molecule is CCC(=CCn1cc(Br)cc([N+](=O)[O-])c1=O)C(=O)OC. The first kappa shape index (κ1) is 16.1. The molecule has 20 heavy (non-hydrogen) atoms. The molecule has 8 heteroatoms. The van der Waals surface area contributed by atoms with Crippen molar-refractivity contribution in [2.45, 2.75) is 19.9 Å². The van der Waals surface area contributed by atoms with Gasteiger partial charge in [-0.25, -0.2) is 4.79 Å². The van der Waals surface area contributed by atoms with Gasteiger partial charge in [-0.15, -0.1) is 0 Å². The van der Waals surface area contributed by atoms with Crippen LogP contribution in [0.1, 0.15) is 13.3 Å². The Hall–Kier alpha value is -1.96. The van der Waals surface area contributed by atoms with Gasteiger partial charge >= 0.3 is 17.2 Å². The third-order valence-corrected chi connectivity index (χ3v) is 3.03. The molecule has 0 amide bonds. The van der Waals surface area contributed by atoms with E-state index < -0.39 is 22.1 Å². The van der Waals surface area contributed by atoms with Gasteiger partial charge in [-0.2, -0.15) is 0 Å². The molecule has 0 aliphatic carbocycles. The smallest absolute Gasteiger partial charge is 0.335 e. The summed E-state index contributed by atoms with van der Waals surface area (Å²) in [6.07, 6.45) is 3.39. The summed E-state index contributed by atoms with van der Waals surface area (Å²) < 4.78 is 6.16. The van der Waals surface area contributed by atoms with Crippen LogP contribution in [0.15, 0.2) is 33.2 Å². The number of nitrogens with zero attached hydrogens (tertiary/aromatic N) is 2. The number of aromatic nitrogens is 1. The molecule has 0 bridgehead atoms. The van der Waals surface area contributed by atoms with Gasteiger partial charge in [-0.1, -0.05) is 13.0 Å². The van der Waals surface area contributed by atoms with Crippen LogP contribution in [0.2, 0.25) is 0 Å². The summed E-state index contributed by atoms with van der Waals surface area (Å²) in [5.41, 5.74) is -0.847. The summed E-state index contributed by atoms with van der Waals surface area (Å²) in [4.78, 5) is 33.3. The van der Waals surface area contributed by atoms with Gasteiger partial charge < -0.3 is 9.30 Å². The number of carbonyl (C=O) groups excluding carboxylic acids is 1. The molecule has 108 valence electrons. The van der Waals surface area contributed by atoms with Crippen LogP contribution >= 0.6 is 15.9 Å². The van der Waals surface area contributed by atoms with Crippen molar-refractivity contribution in [1.82, 2.24) is 4.57 Å². The number of nitro groups is 1. The number of hydrogen-bond donors (Lipinski definition) is 0. The van der Waals surface area contributed by atoms with Crippen molar-refractivity contribution in [2.24, 2.45) is 0 Å². The molecule has 0 aliphatic rings. The van der Waals surface area contributed by atoms with Crippen LogP contribution in [-0.2, 0) is 16.1 Å². The Bertz CT molecular complexity index is 621. The number of pyridine rings is 1. The van der Waals surface area contributed by atoms with E-state index >= 15 is 0 Å². The molecule has 0 atom stereocenters. The second kappa shape index (κ2) is 6.99. The van der Waals surface area contributed by atoms with E-state index in [2.05, 4.69) is 20.7 Å². The Labute approximate surface area is 123 Å². The van der Waals surface area contributed by atoms with Gasteiger partial charge in [0.25, 0.3) is 0 Å². The molecule has 0 saturated carbocycles. The van der Waals surface area contributed by atoms with Crippen LogP contribution in [-0.4, -0.2) is 22.6 Å². The van der Waals surface area contributed by atoms with E-state index in [1.54, 1.807) is 6.92 Å². The molecular formula is C12H13BrN2O5. The van der Waals surface area contributed by atoms with Crippen molar-refractivity contribution < 1.29 is 14.5 Å². The standard InChI is InChI=1S/C12H13BrN2O5/c1-3-8(12(17)20-2)4-5-14-7-9(13)6-10(11(14)16)15(18)19/h4,6-7H,3,5H2,1-2H3. The molecule has 0 spiro atoms. The first-order valence-corrected chi connectivity index (χ1v) is 6.51. The minimum absolute atomic E-state index is 0.0530. The minimum atomic E-state index is -0.742. The van der Waals surface area contributed by atoms with Gasteiger partial charge in [0.15, 0.2) is 0 Å². The molecule has 0 unspecified atom stereocenters. The lowest BCUT2D eigenvalue weighted by Crippen LogP contribution is -2.22.